The van der Waals surface area contributed by atoms with Crippen LogP contribution in [0, 0.1) is 5.92 Å². The molecule has 1 aromatic rings. The standard InChI is InChI=1S/C16H18BrClN2O5/c1-4-24-9-6-8(12(18)11(17)14(9)21)13-10(15(22)25-5-2)7(3)19-16(23)20-13/h6,10,13,21H,3-5H2,1-2H3,(H2,19,20,23). The maximum atomic E-state index is 12.4. The molecule has 0 radical (unpaired) electrons. The maximum Gasteiger partial charge on any atom is 0.319 e. The molecule has 2 atom stereocenters. The topological polar surface area (TPSA) is 96.9 Å². The smallest absolute Gasteiger partial charge is 0.319 e. The fourth-order valence-electron chi connectivity index (χ4n) is 2.56. The number of aromatic hydroxyl groups is 1. The van der Waals surface area contributed by atoms with Crippen molar-refractivity contribution in [2.75, 3.05) is 13.2 Å². The third-order valence-electron chi connectivity index (χ3n) is 3.62. The summed E-state index contributed by atoms with van der Waals surface area (Å²) in [5, 5.41) is 15.4. The third kappa shape index (κ3) is 3.85. The largest absolute Gasteiger partial charge is 0.503 e. The first-order valence-corrected chi connectivity index (χ1v) is 8.75. The summed E-state index contributed by atoms with van der Waals surface area (Å²) in [7, 11) is 0. The van der Waals surface area contributed by atoms with Crippen LogP contribution in [0.4, 0.5) is 4.79 Å². The second kappa shape index (κ2) is 7.97. The predicted molar refractivity (Wildman–Crippen MR) is 95.7 cm³/mol. The lowest BCUT2D eigenvalue weighted by atomic mass is 9.88. The molecule has 3 N–H and O–H groups in total. The van der Waals surface area contributed by atoms with Crippen LogP contribution in [-0.4, -0.2) is 30.3 Å². The van der Waals surface area contributed by atoms with Crippen LogP contribution < -0.4 is 15.4 Å². The van der Waals surface area contributed by atoms with E-state index in [-0.39, 0.29) is 33.3 Å². The molecule has 2 amide bonds. The van der Waals surface area contributed by atoms with Crippen LogP contribution in [0.1, 0.15) is 25.5 Å². The first-order valence-electron chi connectivity index (χ1n) is 7.58. The first-order chi connectivity index (χ1) is 11.8. The molecule has 1 saturated heterocycles. The van der Waals surface area contributed by atoms with E-state index in [4.69, 9.17) is 21.1 Å². The lowest BCUT2D eigenvalue weighted by molar-refractivity contribution is -0.147. The van der Waals surface area contributed by atoms with E-state index in [1.54, 1.807) is 13.8 Å². The predicted octanol–water partition coefficient (Wildman–Crippen LogP) is 3.25. The molecule has 1 fully saturated rings. The minimum absolute atomic E-state index is 0.148. The maximum absolute atomic E-state index is 12.4. The Hall–Kier alpha value is -1.93. The van der Waals surface area contributed by atoms with Gasteiger partial charge >= 0.3 is 12.0 Å². The van der Waals surface area contributed by atoms with Gasteiger partial charge in [-0.25, -0.2) is 4.79 Å². The number of carbonyl (C=O) groups excluding carboxylic acids is 2. The Labute approximate surface area is 158 Å². The minimum Gasteiger partial charge on any atom is -0.503 e. The number of halogens is 2. The van der Waals surface area contributed by atoms with Crippen molar-refractivity contribution in [3.63, 3.8) is 0 Å². The summed E-state index contributed by atoms with van der Waals surface area (Å²) in [6.45, 7) is 7.68. The van der Waals surface area contributed by atoms with Gasteiger partial charge in [0.1, 0.15) is 5.92 Å². The fraction of sp³-hybridized carbons (Fsp3) is 0.375. The van der Waals surface area contributed by atoms with Crippen LogP contribution >= 0.6 is 27.5 Å². The quantitative estimate of drug-likeness (QED) is 0.619. The van der Waals surface area contributed by atoms with Gasteiger partial charge in [-0.2, -0.15) is 0 Å². The van der Waals surface area contributed by atoms with Crippen LogP contribution in [0.5, 0.6) is 11.5 Å². The number of benzene rings is 1. The van der Waals surface area contributed by atoms with E-state index in [1.165, 1.54) is 6.07 Å². The Morgan fingerprint density at radius 2 is 2.12 bits per heavy atom. The molecule has 2 unspecified atom stereocenters. The molecule has 25 heavy (non-hydrogen) atoms. The van der Waals surface area contributed by atoms with E-state index in [1.807, 2.05) is 0 Å². The number of ether oxygens (including phenoxy) is 2. The Bertz CT molecular complexity index is 725. The van der Waals surface area contributed by atoms with Crippen LogP contribution in [0.25, 0.3) is 0 Å². The minimum atomic E-state index is -0.888. The summed E-state index contributed by atoms with van der Waals surface area (Å²) in [6, 6.07) is 0.138. The van der Waals surface area contributed by atoms with E-state index in [9.17, 15) is 14.7 Å². The Balaban J connectivity index is 2.56. The normalized spacial score (nSPS) is 19.8. The average Bonchev–Trinajstić information content (AvgIpc) is 2.55. The van der Waals surface area contributed by atoms with E-state index >= 15 is 0 Å². The number of hydrogen-bond acceptors (Lipinski definition) is 5. The summed E-state index contributed by atoms with van der Waals surface area (Å²) in [5.74, 6) is -1.43. The highest BCUT2D eigenvalue weighted by Gasteiger charge is 2.40. The zero-order valence-corrected chi connectivity index (χ0v) is 16.0. The van der Waals surface area contributed by atoms with E-state index < -0.39 is 24.0 Å². The molecular weight excluding hydrogens is 416 g/mol. The highest BCUT2D eigenvalue weighted by atomic mass is 79.9. The zero-order chi connectivity index (χ0) is 18.7. The molecule has 7 nitrogen and oxygen atoms in total. The van der Waals surface area contributed by atoms with Crippen molar-refractivity contribution >= 4 is 39.5 Å². The van der Waals surface area contributed by atoms with Crippen molar-refractivity contribution in [2.45, 2.75) is 19.9 Å². The van der Waals surface area contributed by atoms with Gasteiger partial charge in [-0.3, -0.25) is 4.79 Å². The summed E-state index contributed by atoms with van der Waals surface area (Å²) >= 11 is 9.54. The lowest BCUT2D eigenvalue weighted by Gasteiger charge is -2.34. The number of urea groups is 1. The Kier molecular flexibility index (Phi) is 6.18. The molecule has 1 aliphatic rings. The second-order valence-corrected chi connectivity index (χ2v) is 6.38. The molecule has 136 valence electrons. The summed E-state index contributed by atoms with van der Waals surface area (Å²) in [6.07, 6.45) is 0. The van der Waals surface area contributed by atoms with Gasteiger partial charge in [-0.05, 0) is 41.4 Å². The van der Waals surface area contributed by atoms with Gasteiger partial charge in [0.25, 0.3) is 0 Å². The van der Waals surface area contributed by atoms with Crippen LogP contribution in [-0.2, 0) is 9.53 Å². The third-order valence-corrected chi connectivity index (χ3v) is 5.03. The number of carbonyl (C=O) groups is 2. The molecular formula is C16H18BrClN2O5. The van der Waals surface area contributed by atoms with Gasteiger partial charge in [0.15, 0.2) is 11.5 Å². The number of rotatable bonds is 5. The number of hydrogen-bond donors (Lipinski definition) is 3. The van der Waals surface area contributed by atoms with Gasteiger partial charge in [0.2, 0.25) is 0 Å². The van der Waals surface area contributed by atoms with Gasteiger partial charge in [-0.15, -0.1) is 0 Å². The summed E-state index contributed by atoms with van der Waals surface area (Å²) in [5.41, 5.74) is 0.592. The molecule has 0 spiro atoms. The molecule has 1 aromatic carbocycles. The van der Waals surface area contributed by atoms with Gasteiger partial charge < -0.3 is 25.2 Å². The van der Waals surface area contributed by atoms with E-state index in [0.717, 1.165) is 0 Å². The van der Waals surface area contributed by atoms with Crippen molar-refractivity contribution in [1.29, 1.82) is 0 Å². The SMILES string of the molecule is C=C1NC(=O)NC(c2cc(OCC)c(O)c(Br)c2Cl)C1C(=O)OCC. The van der Waals surface area contributed by atoms with Gasteiger partial charge in [0.05, 0.1) is 28.8 Å². The molecule has 9 heteroatoms. The highest BCUT2D eigenvalue weighted by Crippen LogP contribution is 2.46. The lowest BCUT2D eigenvalue weighted by Crippen LogP contribution is -2.51. The number of esters is 1. The number of amides is 2. The molecule has 2 rings (SSSR count). The van der Waals surface area contributed by atoms with Crippen LogP contribution in [0.3, 0.4) is 0 Å². The molecule has 0 aromatic heterocycles. The van der Waals surface area contributed by atoms with Crippen molar-refractivity contribution < 1.29 is 24.2 Å². The fourth-order valence-corrected chi connectivity index (χ4v) is 3.24. The molecule has 1 aliphatic heterocycles. The van der Waals surface area contributed by atoms with Crippen molar-refractivity contribution in [2.24, 2.45) is 5.92 Å². The second-order valence-electron chi connectivity index (χ2n) is 5.20. The highest BCUT2D eigenvalue weighted by molar-refractivity contribution is 9.10. The Morgan fingerprint density at radius 1 is 1.44 bits per heavy atom. The van der Waals surface area contributed by atoms with Crippen LogP contribution in [0.15, 0.2) is 22.8 Å². The van der Waals surface area contributed by atoms with Crippen molar-refractivity contribution in [1.82, 2.24) is 10.6 Å². The van der Waals surface area contributed by atoms with Crippen molar-refractivity contribution in [3.8, 4) is 11.5 Å². The molecule has 1 heterocycles. The monoisotopic (exact) mass is 432 g/mol. The van der Waals surface area contributed by atoms with E-state index in [2.05, 4.69) is 33.1 Å². The van der Waals surface area contributed by atoms with E-state index in [0.29, 0.717) is 12.2 Å². The summed E-state index contributed by atoms with van der Waals surface area (Å²) in [4.78, 5) is 24.2. The van der Waals surface area contributed by atoms with Gasteiger partial charge in [-0.1, -0.05) is 18.2 Å². The Morgan fingerprint density at radius 3 is 2.72 bits per heavy atom. The molecule has 0 aliphatic carbocycles. The zero-order valence-electron chi connectivity index (χ0n) is 13.7. The number of phenolic OH excluding ortho intramolecular Hbond substituents is 1. The number of nitrogens with one attached hydrogen (secondary N) is 2. The first kappa shape index (κ1) is 19.4. The van der Waals surface area contributed by atoms with Crippen molar-refractivity contribution in [3.05, 3.63) is 33.4 Å². The molecule has 0 bridgehead atoms. The van der Waals surface area contributed by atoms with Crippen LogP contribution in [0.2, 0.25) is 5.02 Å². The average molecular weight is 434 g/mol. The number of phenols is 1. The van der Waals surface area contributed by atoms with Gasteiger partial charge in [0, 0.05) is 5.70 Å². The molecule has 0 saturated carbocycles. The summed E-state index contributed by atoms with van der Waals surface area (Å²) < 4.78 is 10.7.